The number of ether oxygens (including phenoxy) is 1. The van der Waals surface area contributed by atoms with Gasteiger partial charge in [-0.1, -0.05) is 24.3 Å². The average Bonchev–Trinajstić information content (AvgIpc) is 2.49. The van der Waals surface area contributed by atoms with Crippen LogP contribution in [0.3, 0.4) is 0 Å². The number of esters is 1. The topological polar surface area (TPSA) is 49.8 Å². The molecule has 0 aliphatic carbocycles. The van der Waals surface area contributed by atoms with E-state index >= 15 is 0 Å². The van der Waals surface area contributed by atoms with Crippen molar-refractivity contribution in [3.63, 3.8) is 0 Å². The molecule has 1 aromatic rings. The molecule has 0 bridgehead atoms. The van der Waals surface area contributed by atoms with E-state index in [4.69, 9.17) is 9.84 Å². The zero-order valence-corrected chi connectivity index (χ0v) is 12.0. The Morgan fingerprint density at radius 1 is 1.25 bits per heavy atom. The van der Waals surface area contributed by atoms with E-state index in [2.05, 4.69) is 17.0 Å². The lowest BCUT2D eigenvalue weighted by atomic mass is 9.96. The summed E-state index contributed by atoms with van der Waals surface area (Å²) in [5.74, 6) is 0.0300. The van der Waals surface area contributed by atoms with Crippen LogP contribution in [0.5, 0.6) is 0 Å². The molecule has 20 heavy (non-hydrogen) atoms. The molecule has 4 nitrogen and oxygen atoms in total. The number of hydrogen-bond acceptors (Lipinski definition) is 4. The Labute approximate surface area is 120 Å². The van der Waals surface area contributed by atoms with Gasteiger partial charge in [0.05, 0.1) is 19.1 Å². The Morgan fingerprint density at radius 2 is 1.85 bits per heavy atom. The molecule has 1 saturated heterocycles. The molecule has 1 aliphatic rings. The predicted molar refractivity (Wildman–Crippen MR) is 77.0 cm³/mol. The minimum absolute atomic E-state index is 0.0422. The van der Waals surface area contributed by atoms with E-state index < -0.39 is 0 Å². The van der Waals surface area contributed by atoms with Gasteiger partial charge in [-0.3, -0.25) is 9.69 Å². The van der Waals surface area contributed by atoms with Crippen LogP contribution in [0.15, 0.2) is 24.3 Å². The van der Waals surface area contributed by atoms with Gasteiger partial charge in [0.2, 0.25) is 0 Å². The van der Waals surface area contributed by atoms with Crippen molar-refractivity contribution in [3.05, 3.63) is 35.4 Å². The van der Waals surface area contributed by atoms with Crippen molar-refractivity contribution in [2.45, 2.75) is 32.9 Å². The van der Waals surface area contributed by atoms with E-state index in [9.17, 15) is 4.79 Å². The molecule has 0 aromatic heterocycles. The summed E-state index contributed by atoms with van der Waals surface area (Å²) in [5, 5.41) is 9.02. The summed E-state index contributed by atoms with van der Waals surface area (Å²) in [4.78, 5) is 14.0. The fraction of sp³-hybridized carbons (Fsp3) is 0.562. The summed E-state index contributed by atoms with van der Waals surface area (Å²) in [6, 6.07) is 8.04. The Balaban J connectivity index is 1.80. The van der Waals surface area contributed by atoms with Gasteiger partial charge >= 0.3 is 5.97 Å². The Morgan fingerprint density at radius 3 is 2.40 bits per heavy atom. The normalized spacial score (nSPS) is 17.1. The summed E-state index contributed by atoms with van der Waals surface area (Å²) < 4.78 is 5.08. The number of nitrogens with zero attached hydrogens (tertiary/aromatic N) is 1. The SMILES string of the molecule is CCOC(=O)C1CCN(Cc2ccc(CO)cc2)CC1. The molecule has 1 aliphatic heterocycles. The van der Waals surface area contributed by atoms with E-state index in [0.29, 0.717) is 6.61 Å². The third-order valence-electron chi connectivity index (χ3n) is 3.82. The van der Waals surface area contributed by atoms with Crippen LogP contribution in [0.4, 0.5) is 0 Å². The molecule has 1 fully saturated rings. The number of benzene rings is 1. The summed E-state index contributed by atoms with van der Waals surface area (Å²) in [5.41, 5.74) is 2.19. The lowest BCUT2D eigenvalue weighted by Crippen LogP contribution is -2.36. The van der Waals surface area contributed by atoms with E-state index in [1.807, 2.05) is 19.1 Å². The van der Waals surface area contributed by atoms with Crippen LogP contribution in [0, 0.1) is 5.92 Å². The highest BCUT2D eigenvalue weighted by Gasteiger charge is 2.25. The highest BCUT2D eigenvalue weighted by molar-refractivity contribution is 5.72. The Bertz CT molecular complexity index is 422. The first-order chi connectivity index (χ1) is 9.72. The van der Waals surface area contributed by atoms with Gasteiger partial charge < -0.3 is 9.84 Å². The molecule has 0 amide bonds. The van der Waals surface area contributed by atoms with Gasteiger partial charge in [0.1, 0.15) is 0 Å². The first-order valence-electron chi connectivity index (χ1n) is 7.30. The van der Waals surface area contributed by atoms with Gasteiger partial charge in [0, 0.05) is 6.54 Å². The van der Waals surface area contributed by atoms with Crippen LogP contribution in [0.25, 0.3) is 0 Å². The number of carbonyl (C=O) groups is 1. The standard InChI is InChI=1S/C16H23NO3/c1-2-20-16(19)15-7-9-17(10-8-15)11-13-3-5-14(12-18)6-4-13/h3-6,15,18H,2,7-12H2,1H3. The van der Waals surface area contributed by atoms with Gasteiger partial charge in [-0.25, -0.2) is 0 Å². The molecule has 1 heterocycles. The Kier molecular flexibility index (Phi) is 5.56. The highest BCUT2D eigenvalue weighted by atomic mass is 16.5. The second-order valence-corrected chi connectivity index (χ2v) is 5.28. The van der Waals surface area contributed by atoms with Crippen LogP contribution >= 0.6 is 0 Å². The lowest BCUT2D eigenvalue weighted by Gasteiger charge is -2.30. The molecule has 0 spiro atoms. The fourth-order valence-corrected chi connectivity index (χ4v) is 2.60. The number of piperidine rings is 1. The monoisotopic (exact) mass is 277 g/mol. The van der Waals surface area contributed by atoms with Crippen molar-refractivity contribution in [2.75, 3.05) is 19.7 Å². The molecule has 0 atom stereocenters. The summed E-state index contributed by atoms with van der Waals surface area (Å²) in [7, 11) is 0. The third-order valence-corrected chi connectivity index (χ3v) is 3.82. The fourth-order valence-electron chi connectivity index (χ4n) is 2.60. The van der Waals surface area contributed by atoms with E-state index in [-0.39, 0.29) is 18.5 Å². The van der Waals surface area contributed by atoms with E-state index in [1.165, 1.54) is 5.56 Å². The van der Waals surface area contributed by atoms with E-state index in [0.717, 1.165) is 38.0 Å². The first kappa shape index (κ1) is 15.0. The van der Waals surface area contributed by atoms with Crippen LogP contribution in [0.1, 0.15) is 30.9 Å². The maximum atomic E-state index is 11.7. The summed E-state index contributed by atoms with van der Waals surface area (Å²) in [6.07, 6.45) is 1.76. The predicted octanol–water partition coefficient (Wildman–Crippen LogP) is 1.95. The van der Waals surface area contributed by atoms with Crippen LogP contribution in [-0.4, -0.2) is 35.7 Å². The maximum absolute atomic E-state index is 11.7. The van der Waals surface area contributed by atoms with Crippen molar-refractivity contribution in [1.29, 1.82) is 0 Å². The number of aliphatic hydroxyl groups is 1. The van der Waals surface area contributed by atoms with Crippen LogP contribution < -0.4 is 0 Å². The largest absolute Gasteiger partial charge is 0.466 e. The van der Waals surface area contributed by atoms with Crippen molar-refractivity contribution in [2.24, 2.45) is 5.92 Å². The molecule has 1 aromatic carbocycles. The van der Waals surface area contributed by atoms with Gasteiger partial charge in [-0.2, -0.15) is 0 Å². The number of carbonyl (C=O) groups excluding carboxylic acids is 1. The summed E-state index contributed by atoms with van der Waals surface area (Å²) >= 11 is 0. The molecular weight excluding hydrogens is 254 g/mol. The molecule has 1 N–H and O–H groups in total. The van der Waals surface area contributed by atoms with Gasteiger partial charge in [-0.15, -0.1) is 0 Å². The number of aliphatic hydroxyl groups excluding tert-OH is 1. The van der Waals surface area contributed by atoms with E-state index in [1.54, 1.807) is 0 Å². The summed E-state index contributed by atoms with van der Waals surface area (Å²) in [6.45, 7) is 5.18. The molecule has 0 radical (unpaired) electrons. The number of hydrogen-bond donors (Lipinski definition) is 1. The van der Waals surface area contributed by atoms with Crippen molar-refractivity contribution >= 4 is 5.97 Å². The maximum Gasteiger partial charge on any atom is 0.309 e. The minimum Gasteiger partial charge on any atom is -0.466 e. The lowest BCUT2D eigenvalue weighted by molar-refractivity contribution is -0.149. The third kappa shape index (κ3) is 4.05. The molecule has 2 rings (SSSR count). The second-order valence-electron chi connectivity index (χ2n) is 5.28. The Hall–Kier alpha value is -1.39. The zero-order chi connectivity index (χ0) is 14.4. The second kappa shape index (κ2) is 7.41. The van der Waals surface area contributed by atoms with Crippen LogP contribution in [0.2, 0.25) is 0 Å². The molecular formula is C16H23NO3. The van der Waals surface area contributed by atoms with Crippen LogP contribution in [-0.2, 0) is 22.7 Å². The van der Waals surface area contributed by atoms with Crippen molar-refractivity contribution in [3.8, 4) is 0 Å². The van der Waals surface area contributed by atoms with Crippen molar-refractivity contribution in [1.82, 2.24) is 4.90 Å². The minimum atomic E-state index is -0.0422. The van der Waals surface area contributed by atoms with Gasteiger partial charge in [0.25, 0.3) is 0 Å². The molecule has 4 heteroatoms. The highest BCUT2D eigenvalue weighted by Crippen LogP contribution is 2.20. The first-order valence-corrected chi connectivity index (χ1v) is 7.30. The number of likely N-dealkylation sites (tertiary alicyclic amines) is 1. The molecule has 0 unspecified atom stereocenters. The molecule has 110 valence electrons. The van der Waals surface area contributed by atoms with Crippen molar-refractivity contribution < 1.29 is 14.6 Å². The average molecular weight is 277 g/mol. The zero-order valence-electron chi connectivity index (χ0n) is 12.0. The van der Waals surface area contributed by atoms with Gasteiger partial charge in [-0.05, 0) is 44.0 Å². The smallest absolute Gasteiger partial charge is 0.309 e. The molecule has 0 saturated carbocycles. The number of rotatable bonds is 5. The quantitative estimate of drug-likeness (QED) is 0.836. The van der Waals surface area contributed by atoms with Gasteiger partial charge in [0.15, 0.2) is 0 Å².